The van der Waals surface area contributed by atoms with Crippen LogP contribution in [-0.4, -0.2) is 24.6 Å². The van der Waals surface area contributed by atoms with Gasteiger partial charge in [0.05, 0.1) is 17.7 Å². The number of benzene rings is 1. The first-order valence-electron chi connectivity index (χ1n) is 9.60. The summed E-state index contributed by atoms with van der Waals surface area (Å²) in [6.07, 6.45) is 7.91. The van der Waals surface area contributed by atoms with Crippen molar-refractivity contribution in [2.24, 2.45) is 0 Å². The number of esters is 2. The van der Waals surface area contributed by atoms with Crippen LogP contribution >= 0.6 is 0 Å². The molecule has 0 heterocycles. The maximum absolute atomic E-state index is 12.3. The number of ether oxygens (including phenoxy) is 2. The number of hydrogen-bond donors (Lipinski definition) is 0. The Morgan fingerprint density at radius 2 is 1.40 bits per heavy atom. The average molecular weight is 348 g/mol. The maximum atomic E-state index is 12.3. The summed E-state index contributed by atoms with van der Waals surface area (Å²) in [7, 11) is 0. The number of unbranched alkanes of at least 4 members (excludes halogenated alkanes) is 3. The van der Waals surface area contributed by atoms with E-state index < -0.39 is 0 Å². The topological polar surface area (TPSA) is 52.6 Å². The second kappa shape index (κ2) is 12.5. The van der Waals surface area contributed by atoms with E-state index in [0.29, 0.717) is 17.7 Å². The molecule has 0 fully saturated rings. The molecule has 4 heteroatoms. The van der Waals surface area contributed by atoms with Gasteiger partial charge in [-0.15, -0.1) is 0 Å². The van der Waals surface area contributed by atoms with Gasteiger partial charge in [0.1, 0.15) is 6.10 Å². The Morgan fingerprint density at radius 1 is 0.800 bits per heavy atom. The van der Waals surface area contributed by atoms with Gasteiger partial charge in [0.15, 0.2) is 0 Å². The SMILES string of the molecule is CCCCCOC(=O)c1ccc(C(=O)OC(CCC)CCCC)cc1. The Labute approximate surface area is 151 Å². The van der Waals surface area contributed by atoms with Gasteiger partial charge in [0.25, 0.3) is 0 Å². The van der Waals surface area contributed by atoms with Gasteiger partial charge in [0.2, 0.25) is 0 Å². The summed E-state index contributed by atoms with van der Waals surface area (Å²) in [6, 6.07) is 6.51. The van der Waals surface area contributed by atoms with Gasteiger partial charge in [-0.2, -0.15) is 0 Å². The molecule has 1 aromatic rings. The van der Waals surface area contributed by atoms with Gasteiger partial charge in [-0.05, 0) is 43.5 Å². The van der Waals surface area contributed by atoms with Crippen molar-refractivity contribution in [3.05, 3.63) is 35.4 Å². The van der Waals surface area contributed by atoms with Crippen LogP contribution in [0.15, 0.2) is 24.3 Å². The molecule has 0 N–H and O–H groups in total. The predicted octanol–water partition coefficient (Wildman–Crippen LogP) is 5.55. The molecule has 0 saturated carbocycles. The van der Waals surface area contributed by atoms with E-state index in [1.165, 1.54) is 0 Å². The van der Waals surface area contributed by atoms with Crippen LogP contribution in [0, 0.1) is 0 Å². The van der Waals surface area contributed by atoms with Crippen molar-refractivity contribution in [2.75, 3.05) is 6.61 Å². The predicted molar refractivity (Wildman–Crippen MR) is 99.9 cm³/mol. The number of carbonyl (C=O) groups is 2. The third kappa shape index (κ3) is 8.19. The van der Waals surface area contributed by atoms with Crippen molar-refractivity contribution in [1.29, 1.82) is 0 Å². The van der Waals surface area contributed by atoms with E-state index in [-0.39, 0.29) is 18.0 Å². The van der Waals surface area contributed by atoms with Crippen LogP contribution in [0.5, 0.6) is 0 Å². The van der Waals surface area contributed by atoms with Crippen molar-refractivity contribution in [3.8, 4) is 0 Å². The molecule has 0 saturated heterocycles. The maximum Gasteiger partial charge on any atom is 0.338 e. The van der Waals surface area contributed by atoms with Crippen LogP contribution in [0.3, 0.4) is 0 Å². The van der Waals surface area contributed by atoms with Crippen molar-refractivity contribution < 1.29 is 19.1 Å². The second-order valence-corrected chi connectivity index (χ2v) is 6.38. The average Bonchev–Trinajstić information content (AvgIpc) is 2.63. The molecule has 0 bridgehead atoms. The normalized spacial score (nSPS) is 11.8. The smallest absolute Gasteiger partial charge is 0.338 e. The molecule has 4 nitrogen and oxygen atoms in total. The molecule has 0 radical (unpaired) electrons. The highest BCUT2D eigenvalue weighted by Gasteiger charge is 2.16. The van der Waals surface area contributed by atoms with Gasteiger partial charge in [0, 0.05) is 0 Å². The lowest BCUT2D eigenvalue weighted by molar-refractivity contribution is 0.0254. The minimum atomic E-state index is -0.345. The summed E-state index contributed by atoms with van der Waals surface area (Å²) in [6.45, 7) is 6.76. The van der Waals surface area contributed by atoms with Crippen LogP contribution in [0.25, 0.3) is 0 Å². The van der Waals surface area contributed by atoms with E-state index in [1.54, 1.807) is 24.3 Å². The van der Waals surface area contributed by atoms with Crippen LogP contribution in [-0.2, 0) is 9.47 Å². The van der Waals surface area contributed by atoms with Crippen LogP contribution < -0.4 is 0 Å². The Hall–Kier alpha value is -1.84. The quantitative estimate of drug-likeness (QED) is 0.367. The highest BCUT2D eigenvalue weighted by Crippen LogP contribution is 2.15. The van der Waals surface area contributed by atoms with Gasteiger partial charge in [-0.3, -0.25) is 0 Å². The number of rotatable bonds is 12. The van der Waals surface area contributed by atoms with Crippen molar-refractivity contribution in [2.45, 2.75) is 78.2 Å². The molecule has 1 rings (SSSR count). The van der Waals surface area contributed by atoms with Gasteiger partial charge < -0.3 is 9.47 Å². The standard InChI is InChI=1S/C21H32O4/c1-4-7-9-16-24-20(22)17-12-14-18(15-13-17)21(23)25-19(10-6-3)11-8-5-2/h12-15,19H,4-11,16H2,1-3H3. The fourth-order valence-electron chi connectivity index (χ4n) is 2.58. The zero-order valence-electron chi connectivity index (χ0n) is 15.9. The molecule has 0 aliphatic rings. The molecule has 0 aliphatic carbocycles. The van der Waals surface area contributed by atoms with Crippen LogP contribution in [0.2, 0.25) is 0 Å². The van der Waals surface area contributed by atoms with Gasteiger partial charge >= 0.3 is 11.9 Å². The fraction of sp³-hybridized carbons (Fsp3) is 0.619. The molecular weight excluding hydrogens is 316 g/mol. The largest absolute Gasteiger partial charge is 0.462 e. The molecule has 0 aromatic heterocycles. The van der Waals surface area contributed by atoms with Gasteiger partial charge in [-0.25, -0.2) is 9.59 Å². The molecular formula is C21H32O4. The van der Waals surface area contributed by atoms with Crippen molar-refractivity contribution in [3.63, 3.8) is 0 Å². The van der Waals surface area contributed by atoms with E-state index in [9.17, 15) is 9.59 Å². The lowest BCUT2D eigenvalue weighted by atomic mass is 10.1. The van der Waals surface area contributed by atoms with Crippen molar-refractivity contribution >= 4 is 11.9 Å². The Balaban J connectivity index is 2.55. The number of carbonyl (C=O) groups excluding carboxylic acids is 2. The Morgan fingerprint density at radius 3 is 1.96 bits per heavy atom. The lowest BCUT2D eigenvalue weighted by Crippen LogP contribution is -2.18. The van der Waals surface area contributed by atoms with E-state index in [4.69, 9.17) is 9.47 Å². The van der Waals surface area contributed by atoms with E-state index in [0.717, 1.165) is 51.4 Å². The highest BCUT2D eigenvalue weighted by molar-refractivity contribution is 5.93. The van der Waals surface area contributed by atoms with Gasteiger partial charge in [-0.1, -0.05) is 52.9 Å². The fourth-order valence-corrected chi connectivity index (χ4v) is 2.58. The minimum Gasteiger partial charge on any atom is -0.462 e. The molecule has 0 amide bonds. The summed E-state index contributed by atoms with van der Waals surface area (Å²) in [4.78, 5) is 24.2. The first-order chi connectivity index (χ1) is 12.1. The van der Waals surface area contributed by atoms with E-state index in [1.807, 2.05) is 0 Å². The molecule has 25 heavy (non-hydrogen) atoms. The van der Waals surface area contributed by atoms with Crippen LogP contribution in [0.1, 0.15) is 92.9 Å². The Bertz CT molecular complexity index is 507. The number of hydrogen-bond acceptors (Lipinski definition) is 4. The van der Waals surface area contributed by atoms with Crippen LogP contribution in [0.4, 0.5) is 0 Å². The van der Waals surface area contributed by atoms with E-state index in [2.05, 4.69) is 20.8 Å². The summed E-state index contributed by atoms with van der Waals surface area (Å²) in [5, 5.41) is 0. The molecule has 0 aliphatic heterocycles. The van der Waals surface area contributed by atoms with Crippen molar-refractivity contribution in [1.82, 2.24) is 0 Å². The molecule has 1 unspecified atom stereocenters. The zero-order chi connectivity index (χ0) is 18.5. The lowest BCUT2D eigenvalue weighted by Gasteiger charge is -2.17. The zero-order valence-corrected chi connectivity index (χ0v) is 15.9. The molecule has 140 valence electrons. The minimum absolute atomic E-state index is 0.0272. The summed E-state index contributed by atoms with van der Waals surface area (Å²) >= 11 is 0. The molecule has 1 atom stereocenters. The first-order valence-corrected chi connectivity index (χ1v) is 9.60. The highest BCUT2D eigenvalue weighted by atomic mass is 16.5. The first kappa shape index (κ1) is 21.2. The third-order valence-corrected chi connectivity index (χ3v) is 4.10. The summed E-state index contributed by atoms with van der Waals surface area (Å²) in [5.74, 6) is -0.666. The Kier molecular flexibility index (Phi) is 10.6. The molecule has 1 aromatic carbocycles. The monoisotopic (exact) mass is 348 g/mol. The summed E-state index contributed by atoms with van der Waals surface area (Å²) in [5.41, 5.74) is 0.935. The van der Waals surface area contributed by atoms with E-state index >= 15 is 0 Å². The molecule has 0 spiro atoms. The summed E-state index contributed by atoms with van der Waals surface area (Å²) < 4.78 is 10.8. The third-order valence-electron chi connectivity index (χ3n) is 4.10. The second-order valence-electron chi connectivity index (χ2n) is 6.38.